The number of alkyl halides is 3. The number of carbonyl (C=O) groups excluding carboxylic acids is 2. The molecule has 0 radical (unpaired) electrons. The number of carbonyl (C=O) groups is 2. The molecule has 1 aromatic heterocycles. The molecule has 7 rings (SSSR count). The SMILES string of the molecule is O=C(c1ccc(N2CCN(CCCCC3(C(=O)NCC(F)(F)F)c4ccccc4-c4ccccc43)CC2)cc1)N(Cc1ccccn1)C1CCCCC1. The van der Waals surface area contributed by atoms with Gasteiger partial charge in [0, 0.05) is 49.7 Å². The number of unbranched alkanes of at least 4 members (excludes halogenated alkanes) is 1. The zero-order chi connectivity index (χ0) is 36.8. The number of pyridine rings is 1. The molecular formula is C43H48F3N5O2. The Kier molecular flexibility index (Phi) is 11.1. The van der Waals surface area contributed by atoms with E-state index in [1.807, 2.05) is 83.8 Å². The van der Waals surface area contributed by atoms with Gasteiger partial charge in [-0.25, -0.2) is 0 Å². The first-order chi connectivity index (χ1) is 25.7. The van der Waals surface area contributed by atoms with Crippen LogP contribution < -0.4 is 10.2 Å². The van der Waals surface area contributed by atoms with E-state index < -0.39 is 24.0 Å². The molecule has 7 nitrogen and oxygen atoms in total. The van der Waals surface area contributed by atoms with E-state index in [0.717, 1.165) is 98.5 Å². The van der Waals surface area contributed by atoms with E-state index in [0.29, 0.717) is 24.9 Å². The summed E-state index contributed by atoms with van der Waals surface area (Å²) in [5, 5.41) is 2.23. The van der Waals surface area contributed by atoms with Crippen LogP contribution in [0.4, 0.5) is 18.9 Å². The molecule has 53 heavy (non-hydrogen) atoms. The maximum absolute atomic E-state index is 13.8. The summed E-state index contributed by atoms with van der Waals surface area (Å²) in [5.74, 6) is -0.536. The maximum atomic E-state index is 13.8. The van der Waals surface area contributed by atoms with E-state index in [-0.39, 0.29) is 11.9 Å². The summed E-state index contributed by atoms with van der Waals surface area (Å²) >= 11 is 0. The van der Waals surface area contributed by atoms with Gasteiger partial charge < -0.3 is 15.1 Å². The molecule has 2 fully saturated rings. The number of fused-ring (bicyclic) bond motifs is 3. The third-order valence-electron chi connectivity index (χ3n) is 11.4. The normalized spacial score (nSPS) is 17.2. The number of nitrogens with one attached hydrogen (secondary N) is 1. The highest BCUT2D eigenvalue weighted by Crippen LogP contribution is 2.51. The average molecular weight is 724 g/mol. The smallest absolute Gasteiger partial charge is 0.369 e. The van der Waals surface area contributed by atoms with Gasteiger partial charge in [0.15, 0.2) is 0 Å². The number of nitrogens with zero attached hydrogens (tertiary/aromatic N) is 4. The minimum Gasteiger partial charge on any atom is -0.369 e. The average Bonchev–Trinajstić information content (AvgIpc) is 3.48. The number of aromatic nitrogens is 1. The van der Waals surface area contributed by atoms with Crippen LogP contribution in [0.3, 0.4) is 0 Å². The van der Waals surface area contributed by atoms with E-state index in [2.05, 4.69) is 32.2 Å². The number of anilines is 1. The Labute approximate surface area is 310 Å². The quantitative estimate of drug-likeness (QED) is 0.150. The molecule has 0 atom stereocenters. The zero-order valence-electron chi connectivity index (χ0n) is 30.2. The van der Waals surface area contributed by atoms with Gasteiger partial charge in [-0.1, -0.05) is 80.3 Å². The third kappa shape index (κ3) is 8.12. The summed E-state index contributed by atoms with van der Waals surface area (Å²) in [4.78, 5) is 38.9. The summed E-state index contributed by atoms with van der Waals surface area (Å²) in [5.41, 5.74) is 4.90. The molecule has 0 spiro atoms. The highest BCUT2D eigenvalue weighted by Gasteiger charge is 2.49. The Morgan fingerprint density at radius 2 is 1.43 bits per heavy atom. The number of amides is 2. The number of hydrogen-bond donors (Lipinski definition) is 1. The predicted molar refractivity (Wildman–Crippen MR) is 202 cm³/mol. The Bertz CT molecular complexity index is 1810. The van der Waals surface area contributed by atoms with Crippen molar-refractivity contribution in [3.05, 3.63) is 120 Å². The molecule has 3 aromatic carbocycles. The Balaban J connectivity index is 0.949. The lowest BCUT2D eigenvalue weighted by atomic mass is 9.73. The molecule has 2 aliphatic carbocycles. The summed E-state index contributed by atoms with van der Waals surface area (Å²) in [6, 6.07) is 29.3. The van der Waals surface area contributed by atoms with Gasteiger partial charge >= 0.3 is 6.18 Å². The van der Waals surface area contributed by atoms with Crippen molar-refractivity contribution in [2.75, 3.05) is 44.2 Å². The van der Waals surface area contributed by atoms with Gasteiger partial charge in [-0.2, -0.15) is 13.2 Å². The second kappa shape index (κ2) is 16.1. The van der Waals surface area contributed by atoms with Gasteiger partial charge in [0.05, 0.1) is 12.2 Å². The molecule has 2 amide bonds. The van der Waals surface area contributed by atoms with Gasteiger partial charge in [0.1, 0.15) is 12.0 Å². The van der Waals surface area contributed by atoms with Crippen molar-refractivity contribution in [2.45, 2.75) is 75.5 Å². The molecule has 1 saturated carbocycles. The van der Waals surface area contributed by atoms with E-state index in [1.54, 1.807) is 6.20 Å². The van der Waals surface area contributed by atoms with Crippen LogP contribution in [0.25, 0.3) is 11.1 Å². The first-order valence-electron chi connectivity index (χ1n) is 19.1. The van der Waals surface area contributed by atoms with E-state index in [9.17, 15) is 22.8 Å². The van der Waals surface area contributed by atoms with Gasteiger partial charge in [0.25, 0.3) is 5.91 Å². The molecule has 4 aromatic rings. The van der Waals surface area contributed by atoms with Crippen LogP contribution in [0.15, 0.2) is 97.2 Å². The van der Waals surface area contributed by atoms with Crippen LogP contribution in [0.1, 0.15) is 78.5 Å². The van der Waals surface area contributed by atoms with Crippen LogP contribution in [-0.4, -0.2) is 78.1 Å². The maximum Gasteiger partial charge on any atom is 0.405 e. The van der Waals surface area contributed by atoms with Crippen LogP contribution in [0, 0.1) is 0 Å². The summed E-state index contributed by atoms with van der Waals surface area (Å²) in [6.07, 6.45) is 4.80. The van der Waals surface area contributed by atoms with Crippen molar-refractivity contribution in [1.82, 2.24) is 20.1 Å². The van der Waals surface area contributed by atoms with Crippen LogP contribution >= 0.6 is 0 Å². The van der Waals surface area contributed by atoms with Gasteiger partial charge in [-0.05, 0) is 90.9 Å². The first-order valence-corrected chi connectivity index (χ1v) is 19.1. The number of halogens is 3. The lowest BCUT2D eigenvalue weighted by molar-refractivity contribution is -0.141. The molecule has 2 heterocycles. The number of piperazine rings is 1. The molecule has 3 aliphatic rings. The van der Waals surface area contributed by atoms with Crippen molar-refractivity contribution in [1.29, 1.82) is 0 Å². The largest absolute Gasteiger partial charge is 0.405 e. The molecule has 1 N–H and O–H groups in total. The lowest BCUT2D eigenvalue weighted by Gasteiger charge is -2.37. The van der Waals surface area contributed by atoms with Crippen LogP contribution in [-0.2, 0) is 16.8 Å². The number of hydrogen-bond acceptors (Lipinski definition) is 5. The van der Waals surface area contributed by atoms with Crippen molar-refractivity contribution >= 4 is 17.5 Å². The molecular weight excluding hydrogens is 675 g/mol. The second-order valence-electron chi connectivity index (χ2n) is 14.7. The first kappa shape index (κ1) is 36.6. The predicted octanol–water partition coefficient (Wildman–Crippen LogP) is 7.99. The standard InChI is InChI=1S/C43H48F3N5O2/c44-43(45,46)31-48-41(53)42(38-17-6-4-15-36(38)37-16-5-7-18-39(37)42)23-9-11-25-49-26-28-50(29-27-49)34-21-19-32(20-22-34)40(52)51(35-13-2-1-3-14-35)30-33-12-8-10-24-47-33/h4-8,10,12,15-22,24,35H,1-3,9,11,13-14,23,25-31H2,(H,48,53). The minimum atomic E-state index is -4.49. The van der Waals surface area contributed by atoms with E-state index in [1.165, 1.54) is 6.42 Å². The summed E-state index contributed by atoms with van der Waals surface area (Å²) in [6.45, 7) is 3.47. The Morgan fingerprint density at radius 3 is 2.06 bits per heavy atom. The fourth-order valence-corrected chi connectivity index (χ4v) is 8.65. The highest BCUT2D eigenvalue weighted by atomic mass is 19.4. The van der Waals surface area contributed by atoms with Crippen LogP contribution in [0.2, 0.25) is 0 Å². The second-order valence-corrected chi connectivity index (χ2v) is 14.7. The van der Waals surface area contributed by atoms with Crippen molar-refractivity contribution < 1.29 is 22.8 Å². The van der Waals surface area contributed by atoms with Gasteiger partial charge in [-0.15, -0.1) is 0 Å². The molecule has 10 heteroatoms. The molecule has 278 valence electrons. The Hall–Kier alpha value is -4.70. The summed E-state index contributed by atoms with van der Waals surface area (Å²) < 4.78 is 39.7. The topological polar surface area (TPSA) is 68.8 Å². The zero-order valence-corrected chi connectivity index (χ0v) is 30.2. The fourth-order valence-electron chi connectivity index (χ4n) is 8.65. The molecule has 0 bridgehead atoms. The van der Waals surface area contributed by atoms with Crippen molar-refractivity contribution in [2.24, 2.45) is 0 Å². The van der Waals surface area contributed by atoms with Gasteiger partial charge in [-0.3, -0.25) is 19.5 Å². The number of rotatable bonds is 12. The van der Waals surface area contributed by atoms with E-state index in [4.69, 9.17) is 0 Å². The fraction of sp³-hybridized carbons (Fsp3) is 0.419. The molecule has 1 saturated heterocycles. The van der Waals surface area contributed by atoms with Crippen molar-refractivity contribution in [3.63, 3.8) is 0 Å². The lowest BCUT2D eigenvalue weighted by Crippen LogP contribution is -2.47. The molecule has 0 unspecified atom stereocenters. The minimum absolute atomic E-state index is 0.0584. The molecule has 1 aliphatic heterocycles. The van der Waals surface area contributed by atoms with Crippen LogP contribution in [0.5, 0.6) is 0 Å². The van der Waals surface area contributed by atoms with E-state index >= 15 is 0 Å². The monoisotopic (exact) mass is 723 g/mol. The third-order valence-corrected chi connectivity index (χ3v) is 11.4. The summed E-state index contributed by atoms with van der Waals surface area (Å²) in [7, 11) is 0. The Morgan fingerprint density at radius 1 is 0.792 bits per heavy atom. The van der Waals surface area contributed by atoms with Crippen molar-refractivity contribution in [3.8, 4) is 11.1 Å². The van der Waals surface area contributed by atoms with Gasteiger partial charge in [0.2, 0.25) is 5.91 Å². The highest BCUT2D eigenvalue weighted by molar-refractivity contribution is 6.00. The number of benzene rings is 3.